The number of benzene rings is 1. The summed E-state index contributed by atoms with van der Waals surface area (Å²) in [4.78, 5) is 24.2. The minimum Gasteiger partial charge on any atom is -0.468 e. The van der Waals surface area contributed by atoms with Crippen LogP contribution in [0.4, 0.5) is 5.69 Å². The molecule has 0 radical (unpaired) electrons. The monoisotopic (exact) mass is 234 g/mol. The molecule has 1 heterocycles. The summed E-state index contributed by atoms with van der Waals surface area (Å²) in [5.74, 6) is -0.750. The third-order valence-electron chi connectivity index (χ3n) is 2.91. The summed E-state index contributed by atoms with van der Waals surface area (Å²) in [6.45, 7) is 0.957. The van der Waals surface area contributed by atoms with Crippen LogP contribution in [0.1, 0.15) is 15.9 Å². The summed E-state index contributed by atoms with van der Waals surface area (Å²) >= 11 is 0. The topological polar surface area (TPSA) is 72.6 Å². The van der Waals surface area contributed by atoms with Gasteiger partial charge in [0.05, 0.1) is 7.11 Å². The number of methoxy groups -OCH3 is 1. The molecule has 1 aliphatic heterocycles. The highest BCUT2D eigenvalue weighted by atomic mass is 16.5. The lowest BCUT2D eigenvalue weighted by Gasteiger charge is -2.17. The average molecular weight is 234 g/mol. The van der Waals surface area contributed by atoms with Crippen LogP contribution >= 0.6 is 0 Å². The molecule has 5 nitrogen and oxygen atoms in total. The molecule has 2 rings (SSSR count). The van der Waals surface area contributed by atoms with Gasteiger partial charge in [-0.1, -0.05) is 6.07 Å². The van der Waals surface area contributed by atoms with E-state index in [0.29, 0.717) is 5.56 Å². The second-order valence-corrected chi connectivity index (χ2v) is 3.96. The van der Waals surface area contributed by atoms with Gasteiger partial charge >= 0.3 is 5.97 Å². The molecule has 1 aromatic rings. The molecule has 90 valence electrons. The summed E-state index contributed by atoms with van der Waals surface area (Å²) in [5, 5.41) is 0. The highest BCUT2D eigenvalue weighted by Gasteiger charge is 2.22. The van der Waals surface area contributed by atoms with Crippen molar-refractivity contribution >= 4 is 17.6 Å². The number of carbonyl (C=O) groups excluding carboxylic acids is 2. The second kappa shape index (κ2) is 4.45. The van der Waals surface area contributed by atoms with Gasteiger partial charge in [-0.05, 0) is 24.1 Å². The first-order chi connectivity index (χ1) is 8.11. The van der Waals surface area contributed by atoms with E-state index < -0.39 is 5.91 Å². The molecular formula is C12H14N2O3. The van der Waals surface area contributed by atoms with Gasteiger partial charge in [-0.2, -0.15) is 0 Å². The van der Waals surface area contributed by atoms with Crippen LogP contribution in [0.3, 0.4) is 0 Å². The lowest BCUT2D eigenvalue weighted by molar-refractivity contribution is -0.138. The highest BCUT2D eigenvalue weighted by molar-refractivity contribution is 5.94. The van der Waals surface area contributed by atoms with Gasteiger partial charge < -0.3 is 15.4 Å². The zero-order chi connectivity index (χ0) is 12.4. The van der Waals surface area contributed by atoms with Gasteiger partial charge in [0, 0.05) is 17.8 Å². The molecule has 0 saturated heterocycles. The molecule has 1 aliphatic rings. The summed E-state index contributed by atoms with van der Waals surface area (Å²) in [6.07, 6.45) is 0.866. The fourth-order valence-electron chi connectivity index (χ4n) is 1.98. The quantitative estimate of drug-likeness (QED) is 0.764. The van der Waals surface area contributed by atoms with Crippen LogP contribution in [0.2, 0.25) is 0 Å². The van der Waals surface area contributed by atoms with Gasteiger partial charge in [0.25, 0.3) is 0 Å². The Morgan fingerprint density at radius 3 is 2.88 bits per heavy atom. The van der Waals surface area contributed by atoms with E-state index >= 15 is 0 Å². The van der Waals surface area contributed by atoms with Crippen LogP contribution in [0.5, 0.6) is 0 Å². The molecule has 0 atom stereocenters. The molecule has 1 amide bonds. The average Bonchev–Trinajstić information content (AvgIpc) is 2.71. The van der Waals surface area contributed by atoms with Crippen molar-refractivity contribution in [1.29, 1.82) is 0 Å². The third kappa shape index (κ3) is 2.22. The second-order valence-electron chi connectivity index (χ2n) is 3.96. The summed E-state index contributed by atoms with van der Waals surface area (Å²) in [5.41, 5.74) is 7.71. The predicted octanol–water partition coefficient (Wildman–Crippen LogP) is 0.321. The minimum atomic E-state index is -0.460. The molecule has 0 fully saturated rings. The smallest absolute Gasteiger partial charge is 0.325 e. The number of hydrogen-bond donors (Lipinski definition) is 1. The highest BCUT2D eigenvalue weighted by Crippen LogP contribution is 2.28. The maximum absolute atomic E-state index is 11.2. The number of ether oxygens (including phenoxy) is 1. The summed E-state index contributed by atoms with van der Waals surface area (Å²) in [7, 11) is 1.36. The summed E-state index contributed by atoms with van der Waals surface area (Å²) in [6, 6.07) is 5.32. The van der Waals surface area contributed by atoms with Gasteiger partial charge in [0.2, 0.25) is 5.91 Å². The maximum atomic E-state index is 11.2. The number of nitrogens with two attached hydrogens (primary N) is 1. The Labute approximate surface area is 99.2 Å². The van der Waals surface area contributed by atoms with Crippen LogP contribution in [0.25, 0.3) is 0 Å². The first kappa shape index (κ1) is 11.4. The molecule has 17 heavy (non-hydrogen) atoms. The number of esters is 1. The van der Waals surface area contributed by atoms with Crippen LogP contribution in [0, 0.1) is 0 Å². The molecule has 1 aromatic carbocycles. The Morgan fingerprint density at radius 2 is 2.24 bits per heavy atom. The molecule has 0 aliphatic carbocycles. The lowest BCUT2D eigenvalue weighted by atomic mass is 10.1. The maximum Gasteiger partial charge on any atom is 0.325 e. The number of primary amides is 1. The molecule has 0 aromatic heterocycles. The fourth-order valence-corrected chi connectivity index (χ4v) is 1.98. The fraction of sp³-hybridized carbons (Fsp3) is 0.333. The normalized spacial score (nSPS) is 13.4. The van der Waals surface area contributed by atoms with E-state index in [0.717, 1.165) is 24.2 Å². The predicted molar refractivity (Wildman–Crippen MR) is 62.9 cm³/mol. The number of anilines is 1. The van der Waals surface area contributed by atoms with E-state index in [4.69, 9.17) is 5.73 Å². The number of hydrogen-bond acceptors (Lipinski definition) is 4. The third-order valence-corrected chi connectivity index (χ3v) is 2.91. The van der Waals surface area contributed by atoms with E-state index in [1.165, 1.54) is 7.11 Å². The standard InChI is InChI=1S/C12H14N2O3/c1-17-11(15)7-14-5-4-8-2-3-9(12(13)16)6-10(8)14/h2-3,6H,4-5,7H2,1H3,(H2,13,16). The van der Waals surface area contributed by atoms with Crippen LogP contribution in [-0.4, -0.2) is 32.1 Å². The Bertz CT molecular complexity index is 471. The van der Waals surface area contributed by atoms with Crippen LogP contribution < -0.4 is 10.6 Å². The van der Waals surface area contributed by atoms with Crippen molar-refractivity contribution in [3.8, 4) is 0 Å². The molecule has 5 heteroatoms. The Kier molecular flexibility index (Phi) is 2.99. The number of rotatable bonds is 3. The van der Waals surface area contributed by atoms with Crippen molar-refractivity contribution in [1.82, 2.24) is 0 Å². The molecular weight excluding hydrogens is 220 g/mol. The van der Waals surface area contributed by atoms with Gasteiger partial charge in [0.15, 0.2) is 0 Å². The lowest BCUT2D eigenvalue weighted by Crippen LogP contribution is -2.28. The van der Waals surface area contributed by atoms with E-state index in [1.807, 2.05) is 11.0 Å². The molecule has 0 unspecified atom stereocenters. The van der Waals surface area contributed by atoms with E-state index in [9.17, 15) is 9.59 Å². The van der Waals surface area contributed by atoms with Gasteiger partial charge in [-0.15, -0.1) is 0 Å². The summed E-state index contributed by atoms with van der Waals surface area (Å²) < 4.78 is 4.63. The van der Waals surface area contributed by atoms with Crippen molar-refractivity contribution in [2.45, 2.75) is 6.42 Å². The van der Waals surface area contributed by atoms with Crippen molar-refractivity contribution in [3.63, 3.8) is 0 Å². The molecule has 0 spiro atoms. The largest absolute Gasteiger partial charge is 0.468 e. The van der Waals surface area contributed by atoms with Crippen molar-refractivity contribution in [2.75, 3.05) is 25.1 Å². The number of amides is 1. The zero-order valence-electron chi connectivity index (χ0n) is 9.60. The van der Waals surface area contributed by atoms with Crippen molar-refractivity contribution in [2.24, 2.45) is 5.73 Å². The van der Waals surface area contributed by atoms with Crippen molar-refractivity contribution < 1.29 is 14.3 Å². The van der Waals surface area contributed by atoms with Crippen LogP contribution in [-0.2, 0) is 16.0 Å². The van der Waals surface area contributed by atoms with E-state index in [-0.39, 0.29) is 12.5 Å². The number of fused-ring (bicyclic) bond motifs is 1. The van der Waals surface area contributed by atoms with Crippen LogP contribution in [0.15, 0.2) is 18.2 Å². The molecule has 2 N–H and O–H groups in total. The number of carbonyl (C=O) groups is 2. The Morgan fingerprint density at radius 1 is 1.47 bits per heavy atom. The van der Waals surface area contributed by atoms with Gasteiger partial charge in [-0.3, -0.25) is 9.59 Å². The Balaban J connectivity index is 2.26. The van der Waals surface area contributed by atoms with E-state index in [1.54, 1.807) is 12.1 Å². The molecule has 0 bridgehead atoms. The minimum absolute atomic E-state index is 0.200. The van der Waals surface area contributed by atoms with E-state index in [2.05, 4.69) is 4.74 Å². The van der Waals surface area contributed by atoms with Gasteiger partial charge in [-0.25, -0.2) is 0 Å². The first-order valence-electron chi connectivity index (χ1n) is 5.36. The number of nitrogens with zero attached hydrogens (tertiary/aromatic N) is 1. The Hall–Kier alpha value is -2.04. The SMILES string of the molecule is COC(=O)CN1CCc2ccc(C(N)=O)cc21. The van der Waals surface area contributed by atoms with Crippen molar-refractivity contribution in [3.05, 3.63) is 29.3 Å². The zero-order valence-corrected chi connectivity index (χ0v) is 9.60. The van der Waals surface area contributed by atoms with Gasteiger partial charge in [0.1, 0.15) is 6.54 Å². The first-order valence-corrected chi connectivity index (χ1v) is 5.36. The molecule has 0 saturated carbocycles.